The van der Waals surface area contributed by atoms with Crippen molar-refractivity contribution in [3.63, 3.8) is 0 Å². The monoisotopic (exact) mass is 327 g/mol. The van der Waals surface area contributed by atoms with Crippen molar-refractivity contribution in [2.45, 2.75) is 46.5 Å². The number of carbonyl (C=O) groups excluding carboxylic acids is 1. The van der Waals surface area contributed by atoms with Crippen LogP contribution in [0.25, 0.3) is 0 Å². The van der Waals surface area contributed by atoms with E-state index in [0.29, 0.717) is 6.54 Å². The van der Waals surface area contributed by atoms with Crippen molar-refractivity contribution in [1.29, 1.82) is 0 Å². The molecule has 0 radical (unpaired) electrons. The van der Waals surface area contributed by atoms with Crippen LogP contribution in [0.15, 0.2) is 29.1 Å². The lowest BCUT2D eigenvalue weighted by atomic mass is 9.83. The molecule has 0 atom stereocenters. The summed E-state index contributed by atoms with van der Waals surface area (Å²) < 4.78 is 0. The minimum Gasteiger partial charge on any atom is -0.350 e. The molecular weight excluding hydrogens is 302 g/mol. The Kier molecular flexibility index (Phi) is 5.22. The van der Waals surface area contributed by atoms with Crippen LogP contribution in [0.2, 0.25) is 0 Å². The SMILES string of the molecule is Cc1cc(C(C)(C)C)cc(C)c1CCNC(=O)c1ccc(=O)[nH]n1. The Balaban J connectivity index is 2.03. The van der Waals surface area contributed by atoms with E-state index in [-0.39, 0.29) is 22.6 Å². The standard InChI is InChI=1S/C19H25N3O2/c1-12-10-14(19(3,4)5)11-13(2)15(12)8-9-20-18(24)16-6-7-17(23)22-21-16/h6-7,10-11H,8-9H2,1-5H3,(H,20,24)(H,22,23). The Labute approximate surface area is 142 Å². The first-order valence-corrected chi connectivity index (χ1v) is 8.13. The van der Waals surface area contributed by atoms with Gasteiger partial charge in [0.25, 0.3) is 11.5 Å². The van der Waals surface area contributed by atoms with Crippen LogP contribution in [-0.2, 0) is 11.8 Å². The summed E-state index contributed by atoms with van der Waals surface area (Å²) >= 11 is 0. The van der Waals surface area contributed by atoms with E-state index in [9.17, 15) is 9.59 Å². The van der Waals surface area contributed by atoms with E-state index < -0.39 is 0 Å². The first-order chi connectivity index (χ1) is 11.2. The number of nitrogens with one attached hydrogen (secondary N) is 2. The number of hydrogen-bond donors (Lipinski definition) is 2. The third kappa shape index (κ3) is 4.31. The third-order valence-electron chi connectivity index (χ3n) is 4.13. The van der Waals surface area contributed by atoms with Gasteiger partial charge in [-0.25, -0.2) is 5.10 Å². The van der Waals surface area contributed by atoms with Gasteiger partial charge in [0.1, 0.15) is 5.69 Å². The summed E-state index contributed by atoms with van der Waals surface area (Å²) in [5, 5.41) is 8.83. The molecule has 0 unspecified atom stereocenters. The smallest absolute Gasteiger partial charge is 0.271 e. The Bertz CT molecular complexity index is 757. The zero-order valence-electron chi connectivity index (χ0n) is 15.0. The molecule has 0 saturated carbocycles. The lowest BCUT2D eigenvalue weighted by molar-refractivity contribution is 0.0948. The molecular formula is C19H25N3O2. The fraction of sp³-hybridized carbons (Fsp3) is 0.421. The van der Waals surface area contributed by atoms with Crippen molar-refractivity contribution < 1.29 is 4.79 Å². The van der Waals surface area contributed by atoms with Gasteiger partial charge in [0, 0.05) is 12.6 Å². The van der Waals surface area contributed by atoms with E-state index in [4.69, 9.17) is 0 Å². The number of aromatic nitrogens is 2. The summed E-state index contributed by atoms with van der Waals surface area (Å²) in [6.45, 7) is 11.4. The second-order valence-electron chi connectivity index (χ2n) is 7.15. The fourth-order valence-electron chi connectivity index (χ4n) is 2.68. The second kappa shape index (κ2) is 6.99. The Morgan fingerprint density at radius 3 is 2.29 bits per heavy atom. The van der Waals surface area contributed by atoms with E-state index >= 15 is 0 Å². The summed E-state index contributed by atoms with van der Waals surface area (Å²) in [4.78, 5) is 23.0. The average Bonchev–Trinajstić information content (AvgIpc) is 2.49. The normalized spacial score (nSPS) is 11.4. The highest BCUT2D eigenvalue weighted by atomic mass is 16.2. The van der Waals surface area contributed by atoms with Gasteiger partial charge in [-0.3, -0.25) is 9.59 Å². The zero-order valence-corrected chi connectivity index (χ0v) is 15.0. The highest BCUT2D eigenvalue weighted by Crippen LogP contribution is 2.27. The molecule has 1 aromatic carbocycles. The molecule has 2 rings (SSSR count). The van der Waals surface area contributed by atoms with Crippen molar-refractivity contribution in [2.24, 2.45) is 0 Å². The average molecular weight is 327 g/mol. The minimum atomic E-state index is -0.322. The summed E-state index contributed by atoms with van der Waals surface area (Å²) in [6, 6.07) is 7.17. The number of rotatable bonds is 4. The lowest BCUT2D eigenvalue weighted by Crippen LogP contribution is -2.28. The largest absolute Gasteiger partial charge is 0.350 e. The molecule has 0 aliphatic carbocycles. The number of nitrogens with zero attached hydrogens (tertiary/aromatic N) is 1. The van der Waals surface area contributed by atoms with Crippen molar-refractivity contribution in [3.05, 3.63) is 62.6 Å². The van der Waals surface area contributed by atoms with E-state index in [1.54, 1.807) is 0 Å². The van der Waals surface area contributed by atoms with Gasteiger partial charge in [0.05, 0.1) is 0 Å². The predicted molar refractivity (Wildman–Crippen MR) is 95.5 cm³/mol. The van der Waals surface area contributed by atoms with Crippen molar-refractivity contribution in [3.8, 4) is 0 Å². The Morgan fingerprint density at radius 2 is 1.79 bits per heavy atom. The van der Waals surface area contributed by atoms with Crippen LogP contribution < -0.4 is 10.9 Å². The molecule has 0 spiro atoms. The topological polar surface area (TPSA) is 74.8 Å². The molecule has 24 heavy (non-hydrogen) atoms. The van der Waals surface area contributed by atoms with Gasteiger partial charge in [-0.1, -0.05) is 32.9 Å². The Morgan fingerprint density at radius 1 is 1.17 bits per heavy atom. The second-order valence-corrected chi connectivity index (χ2v) is 7.15. The summed E-state index contributed by atoms with van der Waals surface area (Å²) in [5.74, 6) is -0.284. The molecule has 5 heteroatoms. The quantitative estimate of drug-likeness (QED) is 0.906. The number of aromatic amines is 1. The molecule has 0 fully saturated rings. The van der Waals surface area contributed by atoms with Crippen molar-refractivity contribution in [2.75, 3.05) is 6.54 Å². The molecule has 1 amide bonds. The van der Waals surface area contributed by atoms with Crippen LogP contribution in [0.5, 0.6) is 0 Å². The van der Waals surface area contributed by atoms with E-state index in [1.807, 2.05) is 0 Å². The third-order valence-corrected chi connectivity index (χ3v) is 4.13. The zero-order chi connectivity index (χ0) is 17.9. The van der Waals surface area contributed by atoms with Crippen LogP contribution in [0.3, 0.4) is 0 Å². The molecule has 2 N–H and O–H groups in total. The fourth-order valence-corrected chi connectivity index (χ4v) is 2.68. The lowest BCUT2D eigenvalue weighted by Gasteiger charge is -2.22. The summed E-state index contributed by atoms with van der Waals surface area (Å²) in [5.41, 5.74) is 5.09. The molecule has 5 nitrogen and oxygen atoms in total. The van der Waals surface area contributed by atoms with Gasteiger partial charge in [0.15, 0.2) is 0 Å². The number of amides is 1. The molecule has 1 aromatic heterocycles. The minimum absolute atomic E-state index is 0.123. The molecule has 1 heterocycles. The maximum Gasteiger partial charge on any atom is 0.271 e. The summed E-state index contributed by atoms with van der Waals surface area (Å²) in [7, 11) is 0. The summed E-state index contributed by atoms with van der Waals surface area (Å²) in [6.07, 6.45) is 0.761. The van der Waals surface area contributed by atoms with Crippen LogP contribution >= 0.6 is 0 Å². The van der Waals surface area contributed by atoms with Gasteiger partial charge in [0.2, 0.25) is 0 Å². The van der Waals surface area contributed by atoms with Gasteiger partial charge in [-0.2, -0.15) is 5.10 Å². The molecule has 0 aliphatic rings. The highest BCUT2D eigenvalue weighted by Gasteiger charge is 2.16. The van der Waals surface area contributed by atoms with Crippen molar-refractivity contribution >= 4 is 5.91 Å². The maximum atomic E-state index is 12.0. The molecule has 2 aromatic rings. The molecule has 128 valence electrons. The number of aryl methyl sites for hydroxylation is 2. The number of carbonyl (C=O) groups is 1. The number of benzene rings is 1. The van der Waals surface area contributed by atoms with Gasteiger partial charge >= 0.3 is 0 Å². The number of hydrogen-bond acceptors (Lipinski definition) is 3. The van der Waals surface area contributed by atoms with Crippen LogP contribution in [0.1, 0.15) is 53.5 Å². The van der Waals surface area contributed by atoms with Gasteiger partial charge < -0.3 is 5.32 Å². The highest BCUT2D eigenvalue weighted by molar-refractivity contribution is 5.91. The number of H-pyrrole nitrogens is 1. The van der Waals surface area contributed by atoms with E-state index in [0.717, 1.165) is 6.42 Å². The van der Waals surface area contributed by atoms with Crippen LogP contribution in [0, 0.1) is 13.8 Å². The van der Waals surface area contributed by atoms with Gasteiger partial charge in [-0.05, 0) is 54.0 Å². The Hall–Kier alpha value is -2.43. The first kappa shape index (κ1) is 17.9. The van der Waals surface area contributed by atoms with Crippen molar-refractivity contribution in [1.82, 2.24) is 15.5 Å². The van der Waals surface area contributed by atoms with Gasteiger partial charge in [-0.15, -0.1) is 0 Å². The van der Waals surface area contributed by atoms with Crippen LogP contribution in [-0.4, -0.2) is 22.6 Å². The predicted octanol–water partition coefficient (Wildman–Crippen LogP) is 2.66. The molecule has 0 bridgehead atoms. The molecule has 0 aliphatic heterocycles. The van der Waals surface area contributed by atoms with E-state index in [1.165, 1.54) is 34.4 Å². The maximum absolute atomic E-state index is 12.0. The van der Waals surface area contributed by atoms with Crippen LogP contribution in [0.4, 0.5) is 0 Å². The van der Waals surface area contributed by atoms with E-state index in [2.05, 4.69) is 62.3 Å². The first-order valence-electron chi connectivity index (χ1n) is 8.13. The molecule has 0 saturated heterocycles.